The number of hydrogen-bond donors (Lipinski definition) is 0. The Labute approximate surface area is 204 Å². The monoisotopic (exact) mass is 497 g/mol. The van der Waals surface area contributed by atoms with E-state index in [0.717, 1.165) is 11.3 Å². The van der Waals surface area contributed by atoms with Crippen LogP contribution < -0.4 is 14.5 Å². The van der Waals surface area contributed by atoms with E-state index in [0.29, 0.717) is 42.8 Å². The highest BCUT2D eigenvalue weighted by molar-refractivity contribution is 7.89. The summed E-state index contributed by atoms with van der Waals surface area (Å²) in [5, 5.41) is 3.86. The van der Waals surface area contributed by atoms with E-state index >= 15 is 0 Å². The minimum Gasteiger partial charge on any atom is -0.482 e. The van der Waals surface area contributed by atoms with Gasteiger partial charge in [0.05, 0.1) is 17.1 Å². The van der Waals surface area contributed by atoms with Crippen molar-refractivity contribution in [3.05, 3.63) is 59.7 Å². The number of ether oxygens (including phenoxy) is 1. The molecule has 2 aliphatic heterocycles. The van der Waals surface area contributed by atoms with Gasteiger partial charge in [-0.3, -0.25) is 9.69 Å². The van der Waals surface area contributed by atoms with Crippen LogP contribution in [0.2, 0.25) is 0 Å². The van der Waals surface area contributed by atoms with Gasteiger partial charge in [0.25, 0.3) is 5.91 Å². The van der Waals surface area contributed by atoms with E-state index in [1.165, 1.54) is 21.3 Å². The van der Waals surface area contributed by atoms with Crippen LogP contribution in [0.3, 0.4) is 0 Å². The molecule has 35 heavy (non-hydrogen) atoms. The van der Waals surface area contributed by atoms with Crippen molar-refractivity contribution in [2.24, 2.45) is 0 Å². The second kappa shape index (κ2) is 8.97. The first-order valence-electron chi connectivity index (χ1n) is 11.4. The number of sulfonamides is 1. The van der Waals surface area contributed by atoms with Gasteiger partial charge in [0.15, 0.2) is 12.4 Å². The van der Waals surface area contributed by atoms with Crippen LogP contribution in [0.1, 0.15) is 24.2 Å². The highest BCUT2D eigenvalue weighted by Gasteiger charge is 2.34. The second-order valence-corrected chi connectivity index (χ2v) is 10.8. The van der Waals surface area contributed by atoms with Crippen LogP contribution >= 0.6 is 0 Å². The molecule has 10 nitrogen and oxygen atoms in total. The quantitative estimate of drug-likeness (QED) is 0.529. The van der Waals surface area contributed by atoms with E-state index in [-0.39, 0.29) is 30.0 Å². The summed E-state index contributed by atoms with van der Waals surface area (Å²) in [6.07, 6.45) is 0. The van der Waals surface area contributed by atoms with Crippen LogP contribution in [-0.4, -0.2) is 61.1 Å². The van der Waals surface area contributed by atoms with Crippen molar-refractivity contribution in [3.8, 4) is 5.75 Å². The number of hydrogen-bond acceptors (Lipinski definition) is 8. The Kier molecular flexibility index (Phi) is 5.97. The van der Waals surface area contributed by atoms with E-state index < -0.39 is 10.0 Å². The summed E-state index contributed by atoms with van der Waals surface area (Å²) >= 11 is 0. The molecule has 1 saturated heterocycles. The third kappa shape index (κ3) is 4.48. The molecule has 1 amide bonds. The molecule has 0 aliphatic carbocycles. The van der Waals surface area contributed by atoms with Gasteiger partial charge in [0, 0.05) is 38.3 Å². The molecule has 11 heteroatoms. The minimum atomic E-state index is -3.79. The topological polar surface area (TPSA) is 109 Å². The van der Waals surface area contributed by atoms with Crippen molar-refractivity contribution in [3.63, 3.8) is 0 Å². The van der Waals surface area contributed by atoms with Crippen LogP contribution in [0.5, 0.6) is 5.75 Å². The van der Waals surface area contributed by atoms with Crippen LogP contribution in [0.15, 0.2) is 51.9 Å². The molecule has 1 fully saturated rings. The van der Waals surface area contributed by atoms with Crippen molar-refractivity contribution in [2.75, 3.05) is 36.0 Å². The molecule has 184 valence electrons. The molecule has 0 spiro atoms. The second-order valence-electron chi connectivity index (χ2n) is 8.87. The summed E-state index contributed by atoms with van der Waals surface area (Å²) in [4.78, 5) is 20.5. The van der Waals surface area contributed by atoms with Gasteiger partial charge in [-0.1, -0.05) is 17.3 Å². The molecule has 5 rings (SSSR count). The molecule has 0 bridgehead atoms. The molecule has 0 unspecified atom stereocenters. The average Bonchev–Trinajstić information content (AvgIpc) is 3.25. The minimum absolute atomic E-state index is 0.000779. The van der Waals surface area contributed by atoms with Gasteiger partial charge in [0.1, 0.15) is 5.75 Å². The molecule has 0 saturated carbocycles. The normalized spacial score (nSPS) is 18.9. The highest BCUT2D eigenvalue weighted by Crippen LogP contribution is 2.36. The van der Waals surface area contributed by atoms with E-state index in [4.69, 9.17) is 9.26 Å². The van der Waals surface area contributed by atoms with E-state index in [2.05, 4.69) is 21.1 Å². The Hall–Kier alpha value is -3.44. The Balaban J connectivity index is 1.39. The lowest BCUT2D eigenvalue weighted by atomic mass is 10.1. The Morgan fingerprint density at radius 3 is 2.66 bits per heavy atom. The first-order valence-corrected chi connectivity index (χ1v) is 12.9. The smallest absolute Gasteiger partial charge is 0.265 e. The number of fused-ring (bicyclic) bond motifs is 1. The number of nitrogens with zero attached hydrogens (tertiary/aromatic N) is 5. The number of carbonyl (C=O) groups is 1. The van der Waals surface area contributed by atoms with Gasteiger partial charge in [-0.25, -0.2) is 8.42 Å². The molecular weight excluding hydrogens is 470 g/mol. The Morgan fingerprint density at radius 1 is 1.11 bits per heavy atom. The molecule has 0 radical (unpaired) electrons. The van der Waals surface area contributed by atoms with Crippen molar-refractivity contribution in [1.82, 2.24) is 14.4 Å². The SMILES string of the molecule is Cc1cccc(N2CCN(S(=O)(=O)c3ccc4c(c3)N(Cc3noc(C)n3)C(=O)CO4)C[C@H]2C)c1. The summed E-state index contributed by atoms with van der Waals surface area (Å²) in [5.74, 6) is 0.838. The number of benzene rings is 2. The summed E-state index contributed by atoms with van der Waals surface area (Å²) in [6.45, 7) is 6.94. The number of aromatic nitrogens is 2. The number of piperazine rings is 1. The third-order valence-electron chi connectivity index (χ3n) is 6.30. The summed E-state index contributed by atoms with van der Waals surface area (Å²) in [6, 6.07) is 12.8. The van der Waals surface area contributed by atoms with Gasteiger partial charge in [-0.2, -0.15) is 9.29 Å². The maximum Gasteiger partial charge on any atom is 0.265 e. The number of aryl methyl sites for hydroxylation is 2. The number of amides is 1. The van der Waals surface area contributed by atoms with E-state index in [1.54, 1.807) is 13.0 Å². The van der Waals surface area contributed by atoms with Gasteiger partial charge in [0.2, 0.25) is 15.9 Å². The van der Waals surface area contributed by atoms with Gasteiger partial charge < -0.3 is 14.2 Å². The lowest BCUT2D eigenvalue weighted by Crippen LogP contribution is -2.53. The average molecular weight is 498 g/mol. The maximum absolute atomic E-state index is 13.6. The predicted molar refractivity (Wildman–Crippen MR) is 129 cm³/mol. The van der Waals surface area contributed by atoms with Gasteiger partial charge >= 0.3 is 0 Å². The zero-order chi connectivity index (χ0) is 24.7. The van der Waals surface area contributed by atoms with E-state index in [1.807, 2.05) is 32.0 Å². The molecule has 3 heterocycles. The van der Waals surface area contributed by atoms with Crippen LogP contribution in [0.4, 0.5) is 11.4 Å². The zero-order valence-corrected chi connectivity index (χ0v) is 20.7. The van der Waals surface area contributed by atoms with Crippen molar-refractivity contribution in [2.45, 2.75) is 38.3 Å². The molecule has 3 aromatic rings. The molecule has 0 N–H and O–H groups in total. The number of rotatable bonds is 5. The summed E-state index contributed by atoms with van der Waals surface area (Å²) in [5.41, 5.74) is 2.62. The predicted octanol–water partition coefficient (Wildman–Crippen LogP) is 2.51. The van der Waals surface area contributed by atoms with Crippen LogP contribution in [0.25, 0.3) is 0 Å². The van der Waals surface area contributed by atoms with Crippen LogP contribution in [0, 0.1) is 13.8 Å². The first-order chi connectivity index (χ1) is 16.7. The summed E-state index contributed by atoms with van der Waals surface area (Å²) < 4.78 is 39.2. The molecule has 2 aromatic carbocycles. The highest BCUT2D eigenvalue weighted by atomic mass is 32.2. The number of carbonyl (C=O) groups excluding carboxylic acids is 1. The standard InChI is InChI=1S/C24H27N5O5S/c1-16-5-4-6-19(11-16)28-10-9-27(13-17(28)2)35(31,32)20-7-8-22-21(12-20)29(24(30)15-33-22)14-23-25-18(3)34-26-23/h4-8,11-12,17H,9-10,13-15H2,1-3H3/t17-/m1/s1. The van der Waals surface area contributed by atoms with Crippen molar-refractivity contribution >= 4 is 27.3 Å². The molecule has 1 aromatic heterocycles. The Morgan fingerprint density at radius 2 is 1.94 bits per heavy atom. The molecule has 2 aliphatic rings. The lowest BCUT2D eigenvalue weighted by molar-refractivity contribution is -0.121. The lowest BCUT2D eigenvalue weighted by Gasteiger charge is -2.40. The fourth-order valence-corrected chi connectivity index (χ4v) is 6.08. The summed E-state index contributed by atoms with van der Waals surface area (Å²) in [7, 11) is -3.79. The van der Waals surface area contributed by atoms with Gasteiger partial charge in [-0.05, 0) is 49.7 Å². The maximum atomic E-state index is 13.6. The molecular formula is C24H27N5O5S. The number of anilines is 2. The molecule has 1 atom stereocenters. The van der Waals surface area contributed by atoms with Crippen molar-refractivity contribution < 1.29 is 22.5 Å². The largest absolute Gasteiger partial charge is 0.482 e. The fraction of sp³-hybridized carbons (Fsp3) is 0.375. The first kappa shape index (κ1) is 23.3. The van der Waals surface area contributed by atoms with Crippen molar-refractivity contribution in [1.29, 1.82) is 0 Å². The Bertz CT molecular complexity index is 1370. The third-order valence-corrected chi connectivity index (χ3v) is 8.17. The van der Waals surface area contributed by atoms with Gasteiger partial charge in [-0.15, -0.1) is 0 Å². The zero-order valence-electron chi connectivity index (χ0n) is 19.8. The fourth-order valence-electron chi connectivity index (χ4n) is 4.54. The van der Waals surface area contributed by atoms with Crippen LogP contribution in [-0.2, 0) is 21.4 Å². The van der Waals surface area contributed by atoms with E-state index in [9.17, 15) is 13.2 Å².